The quantitative estimate of drug-likeness (QED) is 0.541. The number of carbonyl (C=O) groups is 2. The molecule has 0 saturated carbocycles. The SMILES string of the molecule is C=C(C[C@H](NS(=O)C(C)(C)C)C(=O)OCC)C(=O)OCC. The number of carbonyl (C=O) groups excluding carboxylic acids is 2. The second-order valence-electron chi connectivity index (χ2n) is 5.33. The Kier molecular flexibility index (Phi) is 8.43. The van der Waals surface area contributed by atoms with Crippen LogP contribution < -0.4 is 4.72 Å². The standard InChI is InChI=1S/C14H25NO5S/c1-7-19-12(16)10(3)9-11(13(17)20-8-2)15-21(18)14(4,5)6/h11,15H,3,7-9H2,1-2,4-6H3/t11-,21?/m0/s1. The van der Waals surface area contributed by atoms with E-state index in [1.54, 1.807) is 34.6 Å². The third-order valence-electron chi connectivity index (χ3n) is 2.39. The van der Waals surface area contributed by atoms with Crippen LogP contribution in [0.2, 0.25) is 0 Å². The van der Waals surface area contributed by atoms with Crippen molar-refractivity contribution >= 4 is 22.9 Å². The van der Waals surface area contributed by atoms with Gasteiger partial charge in [-0.15, -0.1) is 0 Å². The maximum Gasteiger partial charge on any atom is 0.333 e. The minimum atomic E-state index is -1.47. The number of hydrogen-bond acceptors (Lipinski definition) is 5. The summed E-state index contributed by atoms with van der Waals surface area (Å²) in [6.45, 7) is 12.7. The molecular weight excluding hydrogens is 294 g/mol. The summed E-state index contributed by atoms with van der Waals surface area (Å²) < 4.78 is 24.0. The van der Waals surface area contributed by atoms with E-state index in [1.807, 2.05) is 0 Å². The Hall–Kier alpha value is -1.21. The van der Waals surface area contributed by atoms with Crippen LogP contribution in [0, 0.1) is 0 Å². The Balaban J connectivity index is 4.91. The van der Waals surface area contributed by atoms with E-state index in [1.165, 1.54) is 0 Å². The molecule has 122 valence electrons. The molecule has 1 N–H and O–H groups in total. The molecule has 0 aliphatic rings. The number of esters is 2. The molecule has 0 rings (SSSR count). The van der Waals surface area contributed by atoms with Crippen molar-refractivity contribution in [1.29, 1.82) is 0 Å². The van der Waals surface area contributed by atoms with Crippen LogP contribution in [0.5, 0.6) is 0 Å². The highest BCUT2D eigenvalue weighted by molar-refractivity contribution is 7.84. The van der Waals surface area contributed by atoms with Crippen LogP contribution in [0.3, 0.4) is 0 Å². The van der Waals surface area contributed by atoms with E-state index in [0.717, 1.165) is 0 Å². The lowest BCUT2D eigenvalue weighted by Gasteiger charge is -2.23. The maximum absolute atomic E-state index is 12.1. The first-order valence-electron chi connectivity index (χ1n) is 6.83. The Labute approximate surface area is 128 Å². The summed E-state index contributed by atoms with van der Waals surface area (Å²) in [7, 11) is -1.47. The average Bonchev–Trinajstić information content (AvgIpc) is 2.37. The molecule has 0 aliphatic heterocycles. The van der Waals surface area contributed by atoms with Gasteiger partial charge in [-0.2, -0.15) is 0 Å². The molecule has 0 aliphatic carbocycles. The maximum atomic E-state index is 12.1. The summed E-state index contributed by atoms with van der Waals surface area (Å²) in [5, 5.41) is 0. The zero-order chi connectivity index (χ0) is 16.6. The molecule has 0 amide bonds. The lowest BCUT2D eigenvalue weighted by Crippen LogP contribution is -2.45. The van der Waals surface area contributed by atoms with Crippen LogP contribution in [0.25, 0.3) is 0 Å². The molecule has 0 bridgehead atoms. The van der Waals surface area contributed by atoms with E-state index >= 15 is 0 Å². The number of nitrogens with one attached hydrogen (secondary N) is 1. The van der Waals surface area contributed by atoms with Crippen molar-refractivity contribution in [2.45, 2.75) is 51.8 Å². The first kappa shape index (κ1) is 19.8. The van der Waals surface area contributed by atoms with Gasteiger partial charge in [0.1, 0.15) is 6.04 Å². The Morgan fingerprint density at radius 1 is 1.19 bits per heavy atom. The molecule has 0 aromatic heterocycles. The lowest BCUT2D eigenvalue weighted by atomic mass is 10.1. The second-order valence-corrected chi connectivity index (χ2v) is 7.33. The van der Waals surface area contributed by atoms with Gasteiger partial charge in [-0.1, -0.05) is 6.58 Å². The zero-order valence-electron chi connectivity index (χ0n) is 13.4. The van der Waals surface area contributed by atoms with Crippen molar-refractivity contribution in [1.82, 2.24) is 4.72 Å². The van der Waals surface area contributed by atoms with Crippen LogP contribution in [-0.4, -0.2) is 40.2 Å². The molecule has 0 aromatic rings. The Bertz CT molecular complexity index is 414. The molecule has 0 saturated heterocycles. The van der Waals surface area contributed by atoms with E-state index in [0.29, 0.717) is 0 Å². The van der Waals surface area contributed by atoms with Gasteiger partial charge in [0.25, 0.3) is 0 Å². The molecule has 6 nitrogen and oxygen atoms in total. The van der Waals surface area contributed by atoms with Gasteiger partial charge in [-0.25, -0.2) is 13.7 Å². The van der Waals surface area contributed by atoms with Crippen LogP contribution >= 0.6 is 0 Å². The van der Waals surface area contributed by atoms with E-state index in [-0.39, 0.29) is 25.2 Å². The first-order chi connectivity index (χ1) is 9.63. The van der Waals surface area contributed by atoms with Gasteiger partial charge in [0.05, 0.1) is 28.9 Å². The highest BCUT2D eigenvalue weighted by Crippen LogP contribution is 2.13. The van der Waals surface area contributed by atoms with Crippen molar-refractivity contribution in [2.24, 2.45) is 0 Å². The van der Waals surface area contributed by atoms with Gasteiger partial charge < -0.3 is 9.47 Å². The second kappa shape index (κ2) is 8.94. The van der Waals surface area contributed by atoms with E-state index < -0.39 is 33.7 Å². The van der Waals surface area contributed by atoms with E-state index in [4.69, 9.17) is 9.47 Å². The predicted octanol–water partition coefficient (Wildman–Crippen LogP) is 1.48. The molecular formula is C14H25NO5S. The van der Waals surface area contributed by atoms with Crippen LogP contribution in [0.4, 0.5) is 0 Å². The lowest BCUT2D eigenvalue weighted by molar-refractivity contribution is -0.145. The highest BCUT2D eigenvalue weighted by atomic mass is 32.2. The summed E-state index contributed by atoms with van der Waals surface area (Å²) in [5.74, 6) is -1.14. The van der Waals surface area contributed by atoms with Gasteiger partial charge in [0.15, 0.2) is 0 Å². The van der Waals surface area contributed by atoms with E-state index in [2.05, 4.69) is 11.3 Å². The fourth-order valence-corrected chi connectivity index (χ4v) is 2.08. The summed E-state index contributed by atoms with van der Waals surface area (Å²) in [4.78, 5) is 23.5. The minimum absolute atomic E-state index is 0.0144. The first-order valence-corrected chi connectivity index (χ1v) is 7.98. The summed E-state index contributed by atoms with van der Waals surface area (Å²) in [5.41, 5.74) is 0.133. The largest absolute Gasteiger partial charge is 0.465 e. The molecule has 0 fully saturated rings. The average molecular weight is 319 g/mol. The highest BCUT2D eigenvalue weighted by Gasteiger charge is 2.29. The third kappa shape index (κ3) is 7.38. The zero-order valence-corrected chi connectivity index (χ0v) is 14.2. The Morgan fingerprint density at radius 2 is 1.71 bits per heavy atom. The smallest absolute Gasteiger partial charge is 0.333 e. The number of ether oxygens (including phenoxy) is 2. The third-order valence-corrected chi connectivity index (χ3v) is 4.00. The van der Waals surface area contributed by atoms with Gasteiger partial charge in [0, 0.05) is 12.0 Å². The normalized spacial score (nSPS) is 14.1. The monoisotopic (exact) mass is 319 g/mol. The van der Waals surface area contributed by atoms with Gasteiger partial charge in [0.2, 0.25) is 0 Å². The number of hydrogen-bond donors (Lipinski definition) is 1. The summed E-state index contributed by atoms with van der Waals surface area (Å²) >= 11 is 0. The van der Waals surface area contributed by atoms with Crippen molar-refractivity contribution < 1.29 is 23.3 Å². The molecule has 0 aromatic carbocycles. The molecule has 1 unspecified atom stereocenters. The Morgan fingerprint density at radius 3 is 2.14 bits per heavy atom. The fraction of sp³-hybridized carbons (Fsp3) is 0.714. The van der Waals surface area contributed by atoms with Crippen molar-refractivity contribution in [3.63, 3.8) is 0 Å². The molecule has 0 spiro atoms. The summed E-state index contributed by atoms with van der Waals surface area (Å²) in [6.07, 6.45) is -0.0144. The molecule has 2 atom stereocenters. The fourth-order valence-electron chi connectivity index (χ4n) is 1.28. The van der Waals surface area contributed by atoms with Crippen molar-refractivity contribution in [3.8, 4) is 0 Å². The van der Waals surface area contributed by atoms with Crippen LogP contribution in [-0.2, 0) is 30.0 Å². The van der Waals surface area contributed by atoms with Gasteiger partial charge in [-0.05, 0) is 34.6 Å². The van der Waals surface area contributed by atoms with Crippen LogP contribution in [0.15, 0.2) is 12.2 Å². The van der Waals surface area contributed by atoms with Crippen molar-refractivity contribution in [3.05, 3.63) is 12.2 Å². The molecule has 0 heterocycles. The van der Waals surface area contributed by atoms with Crippen LogP contribution in [0.1, 0.15) is 41.0 Å². The molecule has 0 radical (unpaired) electrons. The van der Waals surface area contributed by atoms with Gasteiger partial charge >= 0.3 is 11.9 Å². The number of rotatable bonds is 8. The van der Waals surface area contributed by atoms with Gasteiger partial charge in [-0.3, -0.25) is 4.79 Å². The molecule has 7 heteroatoms. The molecule has 21 heavy (non-hydrogen) atoms. The van der Waals surface area contributed by atoms with E-state index in [9.17, 15) is 13.8 Å². The topological polar surface area (TPSA) is 81.7 Å². The summed E-state index contributed by atoms with van der Waals surface area (Å²) in [6, 6.07) is -0.901. The minimum Gasteiger partial charge on any atom is -0.465 e. The van der Waals surface area contributed by atoms with Crippen molar-refractivity contribution in [2.75, 3.05) is 13.2 Å². The predicted molar refractivity (Wildman–Crippen MR) is 81.8 cm³/mol.